The molecule has 0 amide bonds. The summed E-state index contributed by atoms with van der Waals surface area (Å²) in [6.45, 7) is 3.96. The molecule has 0 unspecified atom stereocenters. The number of hydrogen-bond acceptors (Lipinski definition) is 5. The molecule has 2 saturated heterocycles. The molecule has 118 valence electrons. The molecule has 0 saturated carbocycles. The molecule has 0 N–H and O–H groups in total. The van der Waals surface area contributed by atoms with Gasteiger partial charge in [-0.05, 0) is 25.0 Å². The van der Waals surface area contributed by atoms with E-state index in [-0.39, 0.29) is 5.54 Å². The van der Waals surface area contributed by atoms with E-state index >= 15 is 0 Å². The first-order valence-corrected chi connectivity index (χ1v) is 9.15. The zero-order chi connectivity index (χ0) is 14.9. The Morgan fingerprint density at radius 1 is 1.29 bits per heavy atom. The van der Waals surface area contributed by atoms with Gasteiger partial charge in [0.1, 0.15) is 5.76 Å². The van der Waals surface area contributed by atoms with Gasteiger partial charge < -0.3 is 9.15 Å². The third-order valence-corrected chi connectivity index (χ3v) is 5.86. The Labute approximate surface area is 125 Å². The lowest BCUT2D eigenvalue weighted by molar-refractivity contribution is -0.0564. The number of morpholine rings is 1. The molecule has 1 aromatic heterocycles. The smallest absolute Gasteiger partial charge is 0.211 e. The highest BCUT2D eigenvalue weighted by molar-refractivity contribution is 7.88. The molecule has 3 rings (SSSR count). The van der Waals surface area contributed by atoms with E-state index in [0.717, 1.165) is 38.2 Å². The summed E-state index contributed by atoms with van der Waals surface area (Å²) >= 11 is 0. The van der Waals surface area contributed by atoms with Gasteiger partial charge in [-0.15, -0.1) is 0 Å². The minimum atomic E-state index is -3.19. The van der Waals surface area contributed by atoms with E-state index in [1.54, 1.807) is 10.6 Å². The van der Waals surface area contributed by atoms with Crippen LogP contribution in [0.4, 0.5) is 0 Å². The van der Waals surface area contributed by atoms with Crippen molar-refractivity contribution in [2.45, 2.75) is 24.9 Å². The van der Waals surface area contributed by atoms with Crippen molar-refractivity contribution in [3.8, 4) is 0 Å². The van der Waals surface area contributed by atoms with Crippen molar-refractivity contribution in [3.05, 3.63) is 24.2 Å². The fourth-order valence-corrected chi connectivity index (χ4v) is 4.73. The van der Waals surface area contributed by atoms with Gasteiger partial charge in [0, 0.05) is 19.6 Å². The van der Waals surface area contributed by atoms with E-state index in [2.05, 4.69) is 4.90 Å². The molecule has 2 aliphatic rings. The number of nitrogens with zero attached hydrogens (tertiary/aromatic N) is 2. The summed E-state index contributed by atoms with van der Waals surface area (Å²) in [5.41, 5.74) is -0.356. The Morgan fingerprint density at radius 2 is 2.05 bits per heavy atom. The summed E-state index contributed by atoms with van der Waals surface area (Å²) in [7, 11) is -3.19. The first-order valence-electron chi connectivity index (χ1n) is 7.30. The first-order chi connectivity index (χ1) is 10.00. The Balaban J connectivity index is 1.67. The number of hydrogen-bond donors (Lipinski definition) is 0. The minimum Gasteiger partial charge on any atom is -0.468 e. The fourth-order valence-electron chi connectivity index (χ4n) is 3.38. The summed E-state index contributed by atoms with van der Waals surface area (Å²) in [5, 5.41) is 0. The van der Waals surface area contributed by atoms with Gasteiger partial charge in [-0.1, -0.05) is 0 Å². The lowest BCUT2D eigenvalue weighted by Gasteiger charge is -2.49. The van der Waals surface area contributed by atoms with Crippen molar-refractivity contribution in [1.29, 1.82) is 0 Å². The van der Waals surface area contributed by atoms with Crippen LogP contribution in [0.5, 0.6) is 0 Å². The van der Waals surface area contributed by atoms with Crippen LogP contribution in [0.3, 0.4) is 0 Å². The van der Waals surface area contributed by atoms with E-state index in [0.29, 0.717) is 19.8 Å². The quantitative estimate of drug-likeness (QED) is 0.830. The molecule has 21 heavy (non-hydrogen) atoms. The molecular formula is C14H22N2O4S. The van der Waals surface area contributed by atoms with E-state index < -0.39 is 10.0 Å². The molecular weight excluding hydrogens is 292 g/mol. The van der Waals surface area contributed by atoms with E-state index in [4.69, 9.17) is 9.15 Å². The highest BCUT2D eigenvalue weighted by atomic mass is 32.2. The van der Waals surface area contributed by atoms with Crippen LogP contribution in [0.1, 0.15) is 18.6 Å². The van der Waals surface area contributed by atoms with Crippen LogP contribution < -0.4 is 0 Å². The molecule has 1 spiro atoms. The average Bonchev–Trinajstić information content (AvgIpc) is 2.94. The molecule has 6 nitrogen and oxygen atoms in total. The van der Waals surface area contributed by atoms with E-state index in [1.165, 1.54) is 6.26 Å². The molecule has 3 heterocycles. The van der Waals surface area contributed by atoms with Gasteiger partial charge in [-0.2, -0.15) is 4.31 Å². The van der Waals surface area contributed by atoms with Gasteiger partial charge >= 0.3 is 0 Å². The van der Waals surface area contributed by atoms with Crippen molar-refractivity contribution >= 4 is 10.0 Å². The predicted molar refractivity (Wildman–Crippen MR) is 78.3 cm³/mol. The van der Waals surface area contributed by atoms with Crippen molar-refractivity contribution in [2.24, 2.45) is 0 Å². The van der Waals surface area contributed by atoms with Crippen LogP contribution in [0.2, 0.25) is 0 Å². The van der Waals surface area contributed by atoms with Crippen LogP contribution in [-0.4, -0.2) is 62.3 Å². The Hall–Kier alpha value is -0.890. The predicted octanol–water partition coefficient (Wildman–Crippen LogP) is 0.906. The highest BCUT2D eigenvalue weighted by Crippen LogP contribution is 2.34. The number of likely N-dealkylation sites (tertiary alicyclic amines) is 1. The first kappa shape index (κ1) is 15.0. The Bertz CT molecular complexity index is 562. The number of furan rings is 1. The maximum atomic E-state index is 12.0. The standard InChI is InChI=1S/C14H22N2O4S/c1-21(17,18)16-8-10-19-12-14(16)4-6-15(7-5-14)11-13-3-2-9-20-13/h2-3,9H,4-8,10-12H2,1H3. The van der Waals surface area contributed by atoms with E-state index in [1.807, 2.05) is 12.1 Å². The van der Waals surface area contributed by atoms with Gasteiger partial charge in [-0.25, -0.2) is 8.42 Å². The maximum absolute atomic E-state index is 12.0. The van der Waals surface area contributed by atoms with Crippen molar-refractivity contribution in [1.82, 2.24) is 9.21 Å². The maximum Gasteiger partial charge on any atom is 0.211 e. The van der Waals surface area contributed by atoms with Gasteiger partial charge in [0.2, 0.25) is 10.0 Å². The number of sulfonamides is 1. The number of rotatable bonds is 3. The van der Waals surface area contributed by atoms with Crippen LogP contribution in [0, 0.1) is 0 Å². The number of ether oxygens (including phenoxy) is 1. The van der Waals surface area contributed by atoms with Crippen LogP contribution in [0.15, 0.2) is 22.8 Å². The van der Waals surface area contributed by atoms with E-state index in [9.17, 15) is 8.42 Å². The lowest BCUT2D eigenvalue weighted by atomic mass is 9.87. The van der Waals surface area contributed by atoms with Gasteiger partial charge in [0.15, 0.2) is 0 Å². The van der Waals surface area contributed by atoms with Crippen molar-refractivity contribution in [3.63, 3.8) is 0 Å². The van der Waals surface area contributed by atoms with Crippen LogP contribution in [0.25, 0.3) is 0 Å². The molecule has 2 fully saturated rings. The zero-order valence-electron chi connectivity index (χ0n) is 12.3. The van der Waals surface area contributed by atoms with Crippen molar-refractivity contribution in [2.75, 3.05) is 39.1 Å². The average molecular weight is 314 g/mol. The second kappa shape index (κ2) is 5.72. The molecule has 0 radical (unpaired) electrons. The van der Waals surface area contributed by atoms with Gasteiger partial charge in [0.05, 0.1) is 37.8 Å². The summed E-state index contributed by atoms with van der Waals surface area (Å²) in [6.07, 6.45) is 4.60. The normalized spacial score (nSPS) is 24.4. The van der Waals surface area contributed by atoms with Crippen molar-refractivity contribution < 1.29 is 17.6 Å². The SMILES string of the molecule is CS(=O)(=O)N1CCOCC12CCN(Cc1ccco1)CC2. The third kappa shape index (κ3) is 3.15. The largest absolute Gasteiger partial charge is 0.468 e. The summed E-state index contributed by atoms with van der Waals surface area (Å²) in [6, 6.07) is 3.86. The summed E-state index contributed by atoms with van der Waals surface area (Å²) in [5.74, 6) is 0.950. The van der Waals surface area contributed by atoms with Gasteiger partial charge in [0.25, 0.3) is 0 Å². The Morgan fingerprint density at radius 3 is 2.67 bits per heavy atom. The molecule has 7 heteroatoms. The zero-order valence-corrected chi connectivity index (χ0v) is 13.1. The second-order valence-corrected chi connectivity index (χ2v) is 7.87. The lowest BCUT2D eigenvalue weighted by Crippen LogP contribution is -2.62. The van der Waals surface area contributed by atoms with Crippen LogP contribution >= 0.6 is 0 Å². The third-order valence-electron chi connectivity index (χ3n) is 4.49. The fraction of sp³-hybridized carbons (Fsp3) is 0.714. The van der Waals surface area contributed by atoms with Gasteiger partial charge in [-0.3, -0.25) is 4.90 Å². The molecule has 2 aliphatic heterocycles. The topological polar surface area (TPSA) is 63.0 Å². The minimum absolute atomic E-state index is 0.356. The molecule has 1 aromatic rings. The molecule has 0 atom stereocenters. The summed E-state index contributed by atoms with van der Waals surface area (Å²) in [4.78, 5) is 2.30. The Kier molecular flexibility index (Phi) is 4.09. The molecule has 0 aromatic carbocycles. The monoisotopic (exact) mass is 314 g/mol. The highest BCUT2D eigenvalue weighted by Gasteiger charge is 2.46. The summed E-state index contributed by atoms with van der Waals surface area (Å²) < 4.78 is 36.7. The second-order valence-electron chi connectivity index (χ2n) is 5.97. The molecule has 0 bridgehead atoms. The number of piperidine rings is 1. The van der Waals surface area contributed by atoms with Crippen LogP contribution in [-0.2, 0) is 21.3 Å². The molecule has 0 aliphatic carbocycles.